The van der Waals surface area contributed by atoms with Crippen LogP contribution in [0.3, 0.4) is 0 Å². The Morgan fingerprint density at radius 2 is 1.64 bits per heavy atom. The fraction of sp³-hybridized carbons (Fsp3) is 0.370. The average molecular weight is 572 g/mol. The minimum absolute atomic E-state index is 0.00584. The van der Waals surface area contributed by atoms with Crippen LogP contribution in [0.25, 0.3) is 0 Å². The van der Waals surface area contributed by atoms with Crippen molar-refractivity contribution in [2.75, 3.05) is 28.9 Å². The first-order chi connectivity index (χ1) is 18.5. The van der Waals surface area contributed by atoms with Crippen LogP contribution in [0.15, 0.2) is 65.6 Å². The third-order valence-corrected chi connectivity index (χ3v) is 9.77. The normalized spacial score (nSPS) is 16.5. The van der Waals surface area contributed by atoms with Crippen molar-refractivity contribution in [2.24, 2.45) is 5.92 Å². The molecule has 2 heterocycles. The maximum Gasteiger partial charge on any atom is 0.264 e. The van der Waals surface area contributed by atoms with E-state index in [0.717, 1.165) is 5.56 Å². The Labute approximate surface area is 230 Å². The molecule has 0 radical (unpaired) electrons. The summed E-state index contributed by atoms with van der Waals surface area (Å²) in [6.07, 6.45) is 2.36. The second kappa shape index (κ2) is 12.2. The van der Waals surface area contributed by atoms with Crippen molar-refractivity contribution in [1.29, 1.82) is 0 Å². The molecule has 0 aliphatic carbocycles. The second-order valence-electron chi connectivity index (χ2n) is 9.70. The van der Waals surface area contributed by atoms with Crippen LogP contribution in [-0.4, -0.2) is 55.9 Å². The topological polar surface area (TPSA) is 138 Å². The van der Waals surface area contributed by atoms with Crippen LogP contribution in [-0.2, 0) is 31.3 Å². The highest BCUT2D eigenvalue weighted by molar-refractivity contribution is 7.92. The molecule has 1 aliphatic rings. The number of benzene rings is 2. The SMILES string of the molecule is Cc1cc(C)nc(NS(=O)(=O)c2ccc(NC(=O)[C@@H]3CCCN(S(=O)(=O)CCCc4ccccc4)C3)cc2)n1. The number of sulfonamides is 2. The number of hydrogen-bond acceptors (Lipinski definition) is 7. The molecular formula is C27H33N5O5S2. The number of aromatic nitrogens is 2. The lowest BCUT2D eigenvalue weighted by molar-refractivity contribution is -0.120. The third-order valence-electron chi connectivity index (χ3n) is 6.50. The summed E-state index contributed by atoms with van der Waals surface area (Å²) < 4.78 is 55.1. The monoisotopic (exact) mass is 571 g/mol. The summed E-state index contributed by atoms with van der Waals surface area (Å²) >= 11 is 0. The lowest BCUT2D eigenvalue weighted by Crippen LogP contribution is -2.44. The molecule has 0 bridgehead atoms. The van der Waals surface area contributed by atoms with Gasteiger partial charge in [-0.15, -0.1) is 0 Å². The maximum absolute atomic E-state index is 12.9. The summed E-state index contributed by atoms with van der Waals surface area (Å²) in [5, 5.41) is 2.79. The Kier molecular flexibility index (Phi) is 8.98. The van der Waals surface area contributed by atoms with E-state index in [9.17, 15) is 21.6 Å². The Morgan fingerprint density at radius 1 is 0.974 bits per heavy atom. The molecule has 12 heteroatoms. The zero-order valence-corrected chi connectivity index (χ0v) is 23.6. The number of aryl methyl sites for hydroxylation is 3. The number of carbonyl (C=O) groups excluding carboxylic acids is 1. The van der Waals surface area contributed by atoms with Crippen LogP contribution in [0, 0.1) is 19.8 Å². The molecule has 1 aromatic heterocycles. The molecule has 10 nitrogen and oxygen atoms in total. The standard InChI is InChI=1S/C27H33N5O5S2/c1-20-18-21(2)29-27(28-20)31-39(36,37)25-14-12-24(13-15-25)30-26(33)23-11-6-16-32(19-23)38(34,35)17-7-10-22-8-4-3-5-9-22/h3-5,8-9,12-15,18,23H,6-7,10-11,16-17,19H2,1-2H3,(H,30,33)(H,28,29,31)/t23-/m1/s1. The minimum atomic E-state index is -3.92. The number of anilines is 2. The molecule has 0 spiro atoms. The molecule has 2 N–H and O–H groups in total. The average Bonchev–Trinajstić information content (AvgIpc) is 2.89. The molecule has 208 valence electrons. The van der Waals surface area contributed by atoms with Crippen LogP contribution in [0.1, 0.15) is 36.2 Å². The third kappa shape index (κ3) is 7.84. The van der Waals surface area contributed by atoms with Gasteiger partial charge in [0.15, 0.2) is 0 Å². The van der Waals surface area contributed by atoms with E-state index in [0.29, 0.717) is 49.3 Å². The first kappa shape index (κ1) is 28.7. The molecular weight excluding hydrogens is 538 g/mol. The number of carbonyl (C=O) groups is 1. The quantitative estimate of drug-likeness (QED) is 0.380. The molecule has 2 aromatic carbocycles. The van der Waals surface area contributed by atoms with Crippen LogP contribution in [0.2, 0.25) is 0 Å². The highest BCUT2D eigenvalue weighted by Crippen LogP contribution is 2.23. The number of nitrogens with one attached hydrogen (secondary N) is 2. The maximum atomic E-state index is 12.9. The molecule has 0 unspecified atom stereocenters. The summed E-state index contributed by atoms with van der Waals surface area (Å²) in [4.78, 5) is 21.1. The Bertz CT molecular complexity index is 1490. The van der Waals surface area contributed by atoms with E-state index in [1.54, 1.807) is 19.9 Å². The van der Waals surface area contributed by atoms with Crippen molar-refractivity contribution < 1.29 is 21.6 Å². The molecule has 1 aliphatic heterocycles. The Balaban J connectivity index is 1.33. The van der Waals surface area contributed by atoms with Gasteiger partial charge in [-0.2, -0.15) is 0 Å². The van der Waals surface area contributed by atoms with E-state index < -0.39 is 26.0 Å². The van der Waals surface area contributed by atoms with Gasteiger partial charge in [-0.25, -0.2) is 35.8 Å². The van der Waals surface area contributed by atoms with E-state index >= 15 is 0 Å². The predicted molar refractivity (Wildman–Crippen MR) is 150 cm³/mol. The summed E-state index contributed by atoms with van der Waals surface area (Å²) in [7, 11) is -7.40. The predicted octanol–water partition coefficient (Wildman–Crippen LogP) is 3.51. The van der Waals surface area contributed by atoms with Crippen molar-refractivity contribution in [3.8, 4) is 0 Å². The van der Waals surface area contributed by atoms with Gasteiger partial charge in [-0.1, -0.05) is 30.3 Å². The highest BCUT2D eigenvalue weighted by Gasteiger charge is 2.32. The molecule has 39 heavy (non-hydrogen) atoms. The molecule has 4 rings (SSSR count). The minimum Gasteiger partial charge on any atom is -0.326 e. The molecule has 1 atom stereocenters. The first-order valence-corrected chi connectivity index (χ1v) is 15.9. The first-order valence-electron chi connectivity index (χ1n) is 12.8. The van der Waals surface area contributed by atoms with Gasteiger partial charge in [0, 0.05) is 30.2 Å². The van der Waals surface area contributed by atoms with E-state index in [2.05, 4.69) is 20.0 Å². The van der Waals surface area contributed by atoms with Gasteiger partial charge in [-0.3, -0.25) is 4.79 Å². The largest absolute Gasteiger partial charge is 0.326 e. The summed E-state index contributed by atoms with van der Waals surface area (Å²) in [6.45, 7) is 4.03. The van der Waals surface area contributed by atoms with E-state index in [1.165, 1.54) is 28.6 Å². The van der Waals surface area contributed by atoms with E-state index in [-0.39, 0.29) is 29.0 Å². The zero-order valence-electron chi connectivity index (χ0n) is 22.0. The number of amides is 1. The van der Waals surface area contributed by atoms with Crippen LogP contribution < -0.4 is 10.0 Å². The van der Waals surface area contributed by atoms with Gasteiger partial charge in [0.1, 0.15) is 0 Å². The van der Waals surface area contributed by atoms with Gasteiger partial charge < -0.3 is 5.32 Å². The summed E-state index contributed by atoms with van der Waals surface area (Å²) in [6, 6.07) is 17.2. The van der Waals surface area contributed by atoms with Crippen LogP contribution in [0.4, 0.5) is 11.6 Å². The van der Waals surface area contributed by atoms with Crippen LogP contribution in [0.5, 0.6) is 0 Å². The van der Waals surface area contributed by atoms with Gasteiger partial charge in [0.2, 0.25) is 21.9 Å². The Hall–Kier alpha value is -3.35. The fourth-order valence-corrected chi connectivity index (χ4v) is 7.08. The molecule has 1 fully saturated rings. The zero-order chi connectivity index (χ0) is 28.0. The van der Waals surface area contributed by atoms with Gasteiger partial charge in [-0.05, 0) is 75.4 Å². The van der Waals surface area contributed by atoms with Crippen molar-refractivity contribution in [3.05, 3.63) is 77.6 Å². The number of rotatable bonds is 10. The van der Waals surface area contributed by atoms with Gasteiger partial charge >= 0.3 is 0 Å². The summed E-state index contributed by atoms with van der Waals surface area (Å²) in [5.74, 6) is -0.763. The summed E-state index contributed by atoms with van der Waals surface area (Å²) in [5.41, 5.74) is 2.79. The fourth-order valence-electron chi connectivity index (χ4n) is 4.55. The van der Waals surface area contributed by atoms with E-state index in [4.69, 9.17) is 0 Å². The van der Waals surface area contributed by atoms with Crippen LogP contribution >= 0.6 is 0 Å². The number of piperidine rings is 1. The lowest BCUT2D eigenvalue weighted by Gasteiger charge is -2.31. The molecule has 1 saturated heterocycles. The Morgan fingerprint density at radius 3 is 2.31 bits per heavy atom. The molecule has 1 amide bonds. The van der Waals surface area contributed by atoms with Gasteiger partial charge in [0.05, 0.1) is 16.6 Å². The van der Waals surface area contributed by atoms with Crippen molar-refractivity contribution >= 4 is 37.6 Å². The second-order valence-corrected chi connectivity index (χ2v) is 13.5. The molecule has 0 saturated carbocycles. The lowest BCUT2D eigenvalue weighted by atomic mass is 9.99. The van der Waals surface area contributed by atoms with Crippen molar-refractivity contribution in [1.82, 2.24) is 14.3 Å². The van der Waals surface area contributed by atoms with Gasteiger partial charge in [0.25, 0.3) is 10.0 Å². The number of hydrogen-bond donors (Lipinski definition) is 2. The molecule has 3 aromatic rings. The number of nitrogens with zero attached hydrogens (tertiary/aromatic N) is 3. The smallest absolute Gasteiger partial charge is 0.264 e. The van der Waals surface area contributed by atoms with Crippen molar-refractivity contribution in [3.63, 3.8) is 0 Å². The van der Waals surface area contributed by atoms with Crippen molar-refractivity contribution in [2.45, 2.75) is 44.4 Å². The highest BCUT2D eigenvalue weighted by atomic mass is 32.2. The van der Waals surface area contributed by atoms with E-state index in [1.807, 2.05) is 30.3 Å².